The summed E-state index contributed by atoms with van der Waals surface area (Å²) < 4.78 is 18.3. The standard InChI is InChI=1S/C16H18FNO2.ClH/c1-20-15-10-12(17)7-8-13(15)16(18)14(19)9-11-5-3-2-4-6-11;/h2-8,10,14,16,19H,9,18H2,1H3;1H/t14-,16+;/m0./s1. The molecule has 3 nitrogen and oxygen atoms in total. The van der Waals surface area contributed by atoms with Crippen LogP contribution in [0.15, 0.2) is 48.5 Å². The Hall–Kier alpha value is -1.62. The maximum atomic E-state index is 13.2. The molecule has 2 rings (SSSR count). The van der Waals surface area contributed by atoms with Gasteiger partial charge in [-0.2, -0.15) is 0 Å². The van der Waals surface area contributed by atoms with Gasteiger partial charge >= 0.3 is 0 Å². The lowest BCUT2D eigenvalue weighted by atomic mass is 9.96. The Morgan fingerprint density at radius 2 is 1.86 bits per heavy atom. The van der Waals surface area contributed by atoms with E-state index < -0.39 is 18.0 Å². The molecule has 2 aromatic rings. The molecule has 0 amide bonds. The molecule has 0 heterocycles. The zero-order valence-electron chi connectivity index (χ0n) is 11.7. The Bertz CT molecular complexity index is 565. The third-order valence-corrected chi connectivity index (χ3v) is 3.26. The molecule has 0 unspecified atom stereocenters. The van der Waals surface area contributed by atoms with Gasteiger partial charge in [0.1, 0.15) is 11.6 Å². The highest BCUT2D eigenvalue weighted by molar-refractivity contribution is 5.85. The first-order chi connectivity index (χ1) is 9.61. The van der Waals surface area contributed by atoms with Crippen molar-refractivity contribution in [3.05, 3.63) is 65.5 Å². The second-order valence-electron chi connectivity index (χ2n) is 4.67. The summed E-state index contributed by atoms with van der Waals surface area (Å²) in [6.45, 7) is 0. The predicted molar refractivity (Wildman–Crippen MR) is 83.3 cm³/mol. The number of hydrogen-bond donors (Lipinski definition) is 2. The SMILES string of the molecule is COc1cc(F)ccc1[C@@H](N)[C@@H](O)Cc1ccccc1.Cl. The molecule has 0 aliphatic rings. The van der Waals surface area contributed by atoms with Crippen molar-refractivity contribution in [3.63, 3.8) is 0 Å². The van der Waals surface area contributed by atoms with Crippen LogP contribution in [-0.4, -0.2) is 18.3 Å². The lowest BCUT2D eigenvalue weighted by Gasteiger charge is -2.21. The van der Waals surface area contributed by atoms with Crippen molar-refractivity contribution in [2.45, 2.75) is 18.6 Å². The van der Waals surface area contributed by atoms with Crippen molar-refractivity contribution < 1.29 is 14.2 Å². The van der Waals surface area contributed by atoms with E-state index in [9.17, 15) is 9.50 Å². The fraction of sp³-hybridized carbons (Fsp3) is 0.250. The summed E-state index contributed by atoms with van der Waals surface area (Å²) in [4.78, 5) is 0. The van der Waals surface area contributed by atoms with E-state index in [0.717, 1.165) is 5.56 Å². The van der Waals surface area contributed by atoms with Crippen LogP contribution in [0.2, 0.25) is 0 Å². The first kappa shape index (κ1) is 17.4. The van der Waals surface area contributed by atoms with Gasteiger partial charge in [-0.1, -0.05) is 36.4 Å². The van der Waals surface area contributed by atoms with Gasteiger partial charge in [0.2, 0.25) is 0 Å². The van der Waals surface area contributed by atoms with Crippen LogP contribution in [0.3, 0.4) is 0 Å². The van der Waals surface area contributed by atoms with Crippen LogP contribution >= 0.6 is 12.4 Å². The molecule has 5 heteroatoms. The van der Waals surface area contributed by atoms with E-state index in [-0.39, 0.29) is 12.4 Å². The minimum Gasteiger partial charge on any atom is -0.496 e. The van der Waals surface area contributed by atoms with Crippen LogP contribution in [-0.2, 0) is 6.42 Å². The van der Waals surface area contributed by atoms with E-state index >= 15 is 0 Å². The topological polar surface area (TPSA) is 55.5 Å². The summed E-state index contributed by atoms with van der Waals surface area (Å²) in [5, 5.41) is 10.2. The average molecular weight is 312 g/mol. The molecular formula is C16H19ClFNO2. The predicted octanol–water partition coefficient (Wildman–Crippen LogP) is 2.86. The lowest BCUT2D eigenvalue weighted by Crippen LogP contribution is -2.28. The highest BCUT2D eigenvalue weighted by Crippen LogP contribution is 2.27. The van der Waals surface area contributed by atoms with Gasteiger partial charge in [-0.25, -0.2) is 4.39 Å². The Balaban J connectivity index is 0.00000220. The maximum Gasteiger partial charge on any atom is 0.126 e. The summed E-state index contributed by atoms with van der Waals surface area (Å²) in [7, 11) is 1.45. The largest absolute Gasteiger partial charge is 0.496 e. The van der Waals surface area contributed by atoms with Crippen molar-refractivity contribution in [3.8, 4) is 5.75 Å². The number of halogens is 2. The van der Waals surface area contributed by atoms with E-state index in [2.05, 4.69) is 0 Å². The minimum absolute atomic E-state index is 0. The molecule has 3 N–H and O–H groups in total. The van der Waals surface area contributed by atoms with Crippen molar-refractivity contribution >= 4 is 12.4 Å². The van der Waals surface area contributed by atoms with Crippen molar-refractivity contribution in [2.24, 2.45) is 5.73 Å². The number of benzene rings is 2. The molecule has 2 atom stereocenters. The zero-order valence-corrected chi connectivity index (χ0v) is 12.5. The maximum absolute atomic E-state index is 13.2. The Morgan fingerprint density at radius 3 is 2.48 bits per heavy atom. The van der Waals surface area contributed by atoms with E-state index in [1.54, 1.807) is 6.07 Å². The van der Waals surface area contributed by atoms with E-state index in [0.29, 0.717) is 17.7 Å². The van der Waals surface area contributed by atoms with Gasteiger partial charge in [0.25, 0.3) is 0 Å². The first-order valence-corrected chi connectivity index (χ1v) is 6.43. The molecule has 0 aliphatic carbocycles. The van der Waals surface area contributed by atoms with Gasteiger partial charge in [-0.15, -0.1) is 12.4 Å². The fourth-order valence-corrected chi connectivity index (χ4v) is 2.15. The third kappa shape index (κ3) is 4.43. The summed E-state index contributed by atoms with van der Waals surface area (Å²) in [6, 6.07) is 13.1. The van der Waals surface area contributed by atoms with Crippen LogP contribution in [0, 0.1) is 5.82 Å². The van der Waals surface area contributed by atoms with Crippen molar-refractivity contribution in [2.75, 3.05) is 7.11 Å². The van der Waals surface area contributed by atoms with Crippen LogP contribution in [0.25, 0.3) is 0 Å². The summed E-state index contributed by atoms with van der Waals surface area (Å²) >= 11 is 0. The molecule has 21 heavy (non-hydrogen) atoms. The number of nitrogens with two attached hydrogens (primary N) is 1. The highest BCUT2D eigenvalue weighted by atomic mass is 35.5. The molecule has 0 aromatic heterocycles. The van der Waals surface area contributed by atoms with E-state index in [4.69, 9.17) is 10.5 Å². The van der Waals surface area contributed by atoms with Gasteiger partial charge in [-0.3, -0.25) is 0 Å². The van der Waals surface area contributed by atoms with Gasteiger partial charge in [0.05, 0.1) is 19.3 Å². The molecule has 114 valence electrons. The molecule has 2 aromatic carbocycles. The summed E-state index contributed by atoms with van der Waals surface area (Å²) in [5.41, 5.74) is 7.65. The Kier molecular flexibility index (Phi) is 6.62. The van der Waals surface area contributed by atoms with Gasteiger partial charge in [-0.05, 0) is 11.6 Å². The molecule has 0 bridgehead atoms. The minimum atomic E-state index is -0.767. The molecule has 0 spiro atoms. The fourth-order valence-electron chi connectivity index (χ4n) is 2.15. The van der Waals surface area contributed by atoms with Crippen molar-refractivity contribution in [1.82, 2.24) is 0 Å². The van der Waals surface area contributed by atoms with Crippen LogP contribution in [0.4, 0.5) is 4.39 Å². The zero-order chi connectivity index (χ0) is 14.5. The van der Waals surface area contributed by atoms with Crippen molar-refractivity contribution in [1.29, 1.82) is 0 Å². The van der Waals surface area contributed by atoms with Gasteiger partial charge in [0, 0.05) is 18.1 Å². The van der Waals surface area contributed by atoms with E-state index in [1.165, 1.54) is 19.2 Å². The van der Waals surface area contributed by atoms with Crippen LogP contribution in [0.5, 0.6) is 5.75 Å². The third-order valence-electron chi connectivity index (χ3n) is 3.26. The van der Waals surface area contributed by atoms with Crippen LogP contribution in [0.1, 0.15) is 17.2 Å². The monoisotopic (exact) mass is 311 g/mol. The number of ether oxygens (including phenoxy) is 1. The number of rotatable bonds is 5. The summed E-state index contributed by atoms with van der Waals surface area (Å²) in [6.07, 6.45) is -0.334. The first-order valence-electron chi connectivity index (χ1n) is 6.43. The normalized spacial score (nSPS) is 13.1. The Morgan fingerprint density at radius 1 is 1.19 bits per heavy atom. The Labute approximate surface area is 130 Å². The number of aliphatic hydroxyl groups is 1. The molecule has 0 fully saturated rings. The molecule has 0 saturated carbocycles. The molecular weight excluding hydrogens is 293 g/mol. The smallest absolute Gasteiger partial charge is 0.126 e. The molecule has 0 aliphatic heterocycles. The van der Waals surface area contributed by atoms with Gasteiger partial charge < -0.3 is 15.6 Å². The second kappa shape index (κ2) is 7.98. The lowest BCUT2D eigenvalue weighted by molar-refractivity contribution is 0.143. The number of methoxy groups -OCH3 is 1. The quantitative estimate of drug-likeness (QED) is 0.892. The van der Waals surface area contributed by atoms with E-state index in [1.807, 2.05) is 30.3 Å². The summed E-state index contributed by atoms with van der Waals surface area (Å²) in [5.74, 6) is -0.0417. The average Bonchev–Trinajstić information content (AvgIpc) is 2.47. The highest BCUT2D eigenvalue weighted by Gasteiger charge is 2.21. The van der Waals surface area contributed by atoms with Gasteiger partial charge in [0.15, 0.2) is 0 Å². The molecule has 0 saturated heterocycles. The number of aliphatic hydroxyl groups excluding tert-OH is 1. The second-order valence-corrected chi connectivity index (χ2v) is 4.67. The number of hydrogen-bond acceptors (Lipinski definition) is 3. The van der Waals surface area contributed by atoms with Crippen LogP contribution < -0.4 is 10.5 Å². The molecule has 0 radical (unpaired) electrons.